The third kappa shape index (κ3) is 3.58. The Labute approximate surface area is 162 Å². The van der Waals surface area contributed by atoms with Crippen LogP contribution in [0.25, 0.3) is 0 Å². The van der Waals surface area contributed by atoms with Gasteiger partial charge in [0.05, 0.1) is 18.5 Å². The van der Waals surface area contributed by atoms with Crippen molar-refractivity contribution in [2.24, 2.45) is 0 Å². The molecule has 0 N–H and O–H groups in total. The van der Waals surface area contributed by atoms with Crippen LogP contribution < -0.4 is 9.64 Å². The summed E-state index contributed by atoms with van der Waals surface area (Å²) in [5, 5.41) is 0. The van der Waals surface area contributed by atoms with Crippen molar-refractivity contribution in [3.8, 4) is 5.75 Å². The third-order valence-electron chi connectivity index (χ3n) is 4.98. The summed E-state index contributed by atoms with van der Waals surface area (Å²) in [7, 11) is 0. The lowest BCUT2D eigenvalue weighted by atomic mass is 10.1. The van der Waals surface area contributed by atoms with Gasteiger partial charge in [-0.2, -0.15) is 0 Å². The highest BCUT2D eigenvalue weighted by Crippen LogP contribution is 2.32. The average molecular weight is 383 g/mol. The molecule has 1 fully saturated rings. The van der Waals surface area contributed by atoms with Gasteiger partial charge in [-0.15, -0.1) is 0 Å². The predicted octanol–water partition coefficient (Wildman–Crippen LogP) is 1.30. The minimum absolute atomic E-state index is 0.0408. The van der Waals surface area contributed by atoms with Crippen molar-refractivity contribution in [1.29, 1.82) is 0 Å². The summed E-state index contributed by atoms with van der Waals surface area (Å²) in [6, 6.07) is 8.84. The number of amides is 2. The molecule has 0 unspecified atom stereocenters. The number of hydrogen-bond donors (Lipinski definition) is 0. The van der Waals surface area contributed by atoms with Crippen LogP contribution in [0.5, 0.6) is 5.75 Å². The van der Waals surface area contributed by atoms with Crippen LogP contribution in [0, 0.1) is 6.92 Å². The minimum atomic E-state index is -0.377. The highest BCUT2D eigenvalue weighted by molar-refractivity contribution is 5.92. The molecule has 0 atom stereocenters. The molecule has 1 aromatic heterocycles. The number of esters is 1. The summed E-state index contributed by atoms with van der Waals surface area (Å²) in [5.74, 6) is 0.160. The monoisotopic (exact) mass is 383 g/mol. The second kappa shape index (κ2) is 7.38. The summed E-state index contributed by atoms with van der Waals surface area (Å²) >= 11 is 0. The fourth-order valence-electron chi connectivity index (χ4n) is 3.48. The van der Waals surface area contributed by atoms with E-state index in [2.05, 4.69) is 0 Å². The molecule has 28 heavy (non-hydrogen) atoms. The van der Waals surface area contributed by atoms with Crippen LogP contribution in [-0.2, 0) is 9.59 Å². The van der Waals surface area contributed by atoms with Gasteiger partial charge in [-0.3, -0.25) is 9.59 Å². The van der Waals surface area contributed by atoms with Gasteiger partial charge >= 0.3 is 5.97 Å². The summed E-state index contributed by atoms with van der Waals surface area (Å²) in [6.07, 6.45) is 1.47. The van der Waals surface area contributed by atoms with Crippen molar-refractivity contribution >= 4 is 23.5 Å². The van der Waals surface area contributed by atoms with Crippen LogP contribution >= 0.6 is 0 Å². The second-order valence-corrected chi connectivity index (χ2v) is 6.95. The molecule has 4 rings (SSSR count). The van der Waals surface area contributed by atoms with E-state index in [4.69, 9.17) is 9.15 Å². The van der Waals surface area contributed by atoms with Crippen LogP contribution in [0.15, 0.2) is 41.0 Å². The molecule has 0 saturated carbocycles. The average Bonchev–Trinajstić information content (AvgIpc) is 3.23. The summed E-state index contributed by atoms with van der Waals surface area (Å²) in [4.78, 5) is 42.1. The van der Waals surface area contributed by atoms with E-state index >= 15 is 0 Å². The Bertz CT molecular complexity index is 901. The summed E-state index contributed by atoms with van der Waals surface area (Å²) in [6.45, 7) is 3.88. The molecule has 1 aromatic carbocycles. The first kappa shape index (κ1) is 18.1. The molecule has 0 spiro atoms. The van der Waals surface area contributed by atoms with E-state index in [0.717, 1.165) is 11.3 Å². The zero-order valence-electron chi connectivity index (χ0n) is 15.6. The van der Waals surface area contributed by atoms with Crippen molar-refractivity contribution in [1.82, 2.24) is 9.80 Å². The number of carbonyl (C=O) groups is 3. The van der Waals surface area contributed by atoms with E-state index in [9.17, 15) is 14.4 Å². The van der Waals surface area contributed by atoms with E-state index in [1.54, 1.807) is 32.9 Å². The Morgan fingerprint density at radius 3 is 2.54 bits per heavy atom. The molecule has 2 aromatic rings. The Hall–Kier alpha value is -3.29. The lowest BCUT2D eigenvalue weighted by Gasteiger charge is -2.36. The number of piperazine rings is 1. The third-order valence-corrected chi connectivity index (χ3v) is 4.98. The van der Waals surface area contributed by atoms with E-state index in [1.807, 2.05) is 19.1 Å². The highest BCUT2D eigenvalue weighted by Gasteiger charge is 2.30. The lowest BCUT2D eigenvalue weighted by molar-refractivity contribution is -0.134. The SMILES string of the molecule is Cc1ccc2c(c1)N(CC(=O)N1CCN(C(=O)c3ccco3)CC1)CC(=O)O2. The topological polar surface area (TPSA) is 83.3 Å². The first-order chi connectivity index (χ1) is 13.5. The molecule has 1 saturated heterocycles. The number of furan rings is 1. The van der Waals surface area contributed by atoms with Gasteiger partial charge in [0.15, 0.2) is 11.5 Å². The van der Waals surface area contributed by atoms with Gasteiger partial charge in [-0.1, -0.05) is 6.07 Å². The van der Waals surface area contributed by atoms with Crippen molar-refractivity contribution in [2.45, 2.75) is 6.92 Å². The van der Waals surface area contributed by atoms with E-state index in [0.29, 0.717) is 37.7 Å². The Morgan fingerprint density at radius 1 is 1.07 bits per heavy atom. The summed E-state index contributed by atoms with van der Waals surface area (Å²) in [5.41, 5.74) is 1.78. The first-order valence-electron chi connectivity index (χ1n) is 9.18. The van der Waals surface area contributed by atoms with Gasteiger partial charge in [0, 0.05) is 26.2 Å². The minimum Gasteiger partial charge on any atom is -0.459 e. The van der Waals surface area contributed by atoms with Crippen LogP contribution in [0.4, 0.5) is 5.69 Å². The molecule has 2 aliphatic heterocycles. The molecule has 0 bridgehead atoms. The zero-order chi connectivity index (χ0) is 19.7. The number of hydrogen-bond acceptors (Lipinski definition) is 6. The molecule has 0 aliphatic carbocycles. The molecule has 8 nitrogen and oxygen atoms in total. The molecular weight excluding hydrogens is 362 g/mol. The number of anilines is 1. The number of nitrogens with zero attached hydrogens (tertiary/aromatic N) is 3. The van der Waals surface area contributed by atoms with Crippen LogP contribution in [0.1, 0.15) is 16.1 Å². The molecule has 146 valence electrons. The smallest absolute Gasteiger partial charge is 0.331 e. The van der Waals surface area contributed by atoms with Crippen molar-refractivity contribution in [3.05, 3.63) is 47.9 Å². The van der Waals surface area contributed by atoms with Crippen molar-refractivity contribution in [3.63, 3.8) is 0 Å². The van der Waals surface area contributed by atoms with Gasteiger partial charge in [0.2, 0.25) is 5.91 Å². The lowest BCUT2D eigenvalue weighted by Crippen LogP contribution is -2.53. The van der Waals surface area contributed by atoms with Crippen molar-refractivity contribution in [2.75, 3.05) is 44.2 Å². The molecule has 8 heteroatoms. The van der Waals surface area contributed by atoms with Gasteiger partial charge in [0.1, 0.15) is 6.54 Å². The first-order valence-corrected chi connectivity index (χ1v) is 9.18. The molecule has 2 amide bonds. The van der Waals surface area contributed by atoms with E-state index in [1.165, 1.54) is 6.26 Å². The van der Waals surface area contributed by atoms with E-state index < -0.39 is 0 Å². The highest BCUT2D eigenvalue weighted by atomic mass is 16.5. The summed E-state index contributed by atoms with van der Waals surface area (Å²) < 4.78 is 10.4. The maximum absolute atomic E-state index is 12.8. The number of benzene rings is 1. The number of carbonyl (C=O) groups excluding carboxylic acids is 3. The fraction of sp³-hybridized carbons (Fsp3) is 0.350. The Morgan fingerprint density at radius 2 is 1.82 bits per heavy atom. The number of rotatable bonds is 3. The predicted molar refractivity (Wildman–Crippen MR) is 100 cm³/mol. The van der Waals surface area contributed by atoms with Crippen molar-refractivity contribution < 1.29 is 23.5 Å². The van der Waals surface area contributed by atoms with Crippen LogP contribution in [0.2, 0.25) is 0 Å². The standard InChI is InChI=1S/C20H21N3O5/c1-14-4-5-16-15(11-14)23(13-19(25)28-16)12-18(24)21-6-8-22(9-7-21)20(26)17-3-2-10-27-17/h2-5,10-11H,6-9,12-13H2,1H3. The molecular formula is C20H21N3O5. The molecule has 2 aliphatic rings. The largest absolute Gasteiger partial charge is 0.459 e. The second-order valence-electron chi connectivity index (χ2n) is 6.95. The maximum atomic E-state index is 12.8. The number of fused-ring (bicyclic) bond motifs is 1. The number of aryl methyl sites for hydroxylation is 1. The van der Waals surface area contributed by atoms with Crippen LogP contribution in [0.3, 0.4) is 0 Å². The van der Waals surface area contributed by atoms with Gasteiger partial charge < -0.3 is 23.9 Å². The van der Waals surface area contributed by atoms with Gasteiger partial charge in [0.25, 0.3) is 5.91 Å². The quantitative estimate of drug-likeness (QED) is 0.587. The van der Waals surface area contributed by atoms with Gasteiger partial charge in [-0.05, 0) is 36.8 Å². The normalized spacial score (nSPS) is 16.6. The fourth-order valence-corrected chi connectivity index (χ4v) is 3.48. The van der Waals surface area contributed by atoms with E-state index in [-0.39, 0.29) is 30.9 Å². The van der Waals surface area contributed by atoms with Crippen LogP contribution in [-0.4, -0.2) is 66.9 Å². The number of ether oxygens (including phenoxy) is 1. The molecule has 3 heterocycles. The Balaban J connectivity index is 1.38. The molecule has 0 radical (unpaired) electrons. The zero-order valence-corrected chi connectivity index (χ0v) is 15.6. The van der Waals surface area contributed by atoms with Gasteiger partial charge in [-0.25, -0.2) is 4.79 Å². The Kier molecular flexibility index (Phi) is 4.77. The maximum Gasteiger partial charge on any atom is 0.331 e.